The molecule has 1 aliphatic carbocycles. The molecule has 0 spiro atoms. The Morgan fingerprint density at radius 1 is 1.10 bits per heavy atom. The number of hydrogen-bond donors (Lipinski definition) is 1. The second-order valence-electron chi connectivity index (χ2n) is 5.15. The molecule has 0 radical (unpaired) electrons. The third-order valence-electron chi connectivity index (χ3n) is 3.58. The molecule has 0 aliphatic heterocycles. The smallest absolute Gasteiger partial charge is 0.207 e. The second kappa shape index (κ2) is 5.09. The summed E-state index contributed by atoms with van der Waals surface area (Å²) in [6, 6.07) is 11.9. The van der Waals surface area contributed by atoms with Crippen molar-refractivity contribution in [2.24, 2.45) is 0 Å². The van der Waals surface area contributed by atoms with Crippen LogP contribution >= 0.6 is 11.6 Å². The zero-order valence-electron chi connectivity index (χ0n) is 11.0. The van der Waals surface area contributed by atoms with E-state index < -0.39 is 21.4 Å². The molecular formula is C15H13ClFNO2S. The van der Waals surface area contributed by atoms with Gasteiger partial charge in [-0.05, 0) is 54.8 Å². The summed E-state index contributed by atoms with van der Waals surface area (Å²) >= 11 is 5.97. The number of hydrogen-bond acceptors (Lipinski definition) is 2. The van der Waals surface area contributed by atoms with E-state index in [4.69, 9.17) is 11.6 Å². The van der Waals surface area contributed by atoms with Crippen LogP contribution in [0, 0.1) is 5.82 Å². The van der Waals surface area contributed by atoms with Crippen LogP contribution < -0.4 is 4.72 Å². The Labute approximate surface area is 127 Å². The maximum Gasteiger partial charge on any atom is 0.241 e. The van der Waals surface area contributed by atoms with Gasteiger partial charge < -0.3 is 0 Å². The highest BCUT2D eigenvalue weighted by Gasteiger charge is 2.47. The van der Waals surface area contributed by atoms with Gasteiger partial charge in [0.2, 0.25) is 10.0 Å². The summed E-state index contributed by atoms with van der Waals surface area (Å²) in [5.74, 6) is -0.468. The van der Waals surface area contributed by atoms with E-state index in [1.54, 1.807) is 18.2 Å². The monoisotopic (exact) mass is 325 g/mol. The standard InChI is InChI=1S/C15H13ClFNO2S/c16-12-3-1-2-11(10-12)15(8-9-15)18-21(19,20)14-6-4-13(17)5-7-14/h1-7,10,18H,8-9H2. The van der Waals surface area contributed by atoms with Crippen molar-refractivity contribution in [2.45, 2.75) is 23.3 Å². The molecule has 1 N–H and O–H groups in total. The fourth-order valence-corrected chi connectivity index (χ4v) is 3.93. The van der Waals surface area contributed by atoms with E-state index in [0.29, 0.717) is 17.9 Å². The van der Waals surface area contributed by atoms with Crippen molar-refractivity contribution in [1.82, 2.24) is 4.72 Å². The molecule has 1 aliphatic rings. The molecular weight excluding hydrogens is 313 g/mol. The Morgan fingerprint density at radius 3 is 2.33 bits per heavy atom. The van der Waals surface area contributed by atoms with E-state index in [1.807, 2.05) is 6.07 Å². The number of nitrogens with one attached hydrogen (secondary N) is 1. The summed E-state index contributed by atoms with van der Waals surface area (Å²) in [6.07, 6.45) is 1.43. The lowest BCUT2D eigenvalue weighted by Crippen LogP contribution is -2.34. The topological polar surface area (TPSA) is 46.2 Å². The average Bonchev–Trinajstić information content (AvgIpc) is 3.19. The van der Waals surface area contributed by atoms with Gasteiger partial charge in [-0.3, -0.25) is 0 Å². The maximum absolute atomic E-state index is 12.9. The van der Waals surface area contributed by atoms with Crippen LogP contribution in [0.25, 0.3) is 0 Å². The van der Waals surface area contributed by atoms with Crippen molar-refractivity contribution in [3.8, 4) is 0 Å². The van der Waals surface area contributed by atoms with E-state index in [1.165, 1.54) is 12.1 Å². The molecule has 0 heterocycles. The van der Waals surface area contributed by atoms with Gasteiger partial charge in [0, 0.05) is 5.02 Å². The molecule has 0 unspecified atom stereocenters. The van der Waals surface area contributed by atoms with Gasteiger partial charge in [0.15, 0.2) is 0 Å². The Morgan fingerprint density at radius 2 is 1.76 bits per heavy atom. The second-order valence-corrected chi connectivity index (χ2v) is 7.27. The summed E-state index contributed by atoms with van der Waals surface area (Å²) in [6.45, 7) is 0. The summed E-state index contributed by atoms with van der Waals surface area (Å²) in [5.41, 5.74) is 0.249. The molecule has 0 saturated heterocycles. The molecule has 1 saturated carbocycles. The summed E-state index contributed by atoms with van der Waals surface area (Å²) in [5, 5.41) is 0.569. The van der Waals surface area contributed by atoms with Gasteiger partial charge >= 0.3 is 0 Å². The highest BCUT2D eigenvalue weighted by Crippen LogP contribution is 2.47. The first-order chi connectivity index (χ1) is 9.91. The molecule has 1 fully saturated rings. The molecule has 0 aromatic heterocycles. The van der Waals surface area contributed by atoms with Gasteiger partial charge in [-0.15, -0.1) is 0 Å². The molecule has 3 rings (SSSR count). The first-order valence-electron chi connectivity index (χ1n) is 6.47. The normalized spacial score (nSPS) is 16.7. The Balaban J connectivity index is 1.90. The number of benzene rings is 2. The molecule has 3 nitrogen and oxygen atoms in total. The first-order valence-corrected chi connectivity index (χ1v) is 8.33. The number of halogens is 2. The zero-order chi connectivity index (χ0) is 15.1. The molecule has 0 atom stereocenters. The summed E-state index contributed by atoms with van der Waals surface area (Å²) in [7, 11) is -3.69. The number of rotatable bonds is 4. The van der Waals surface area contributed by atoms with Crippen LogP contribution in [0.1, 0.15) is 18.4 Å². The molecule has 2 aromatic rings. The molecule has 0 amide bonds. The summed E-state index contributed by atoms with van der Waals surface area (Å²) in [4.78, 5) is 0.0530. The maximum atomic E-state index is 12.9. The van der Waals surface area contributed by atoms with Crippen molar-refractivity contribution >= 4 is 21.6 Å². The van der Waals surface area contributed by atoms with Crippen LogP contribution in [0.15, 0.2) is 53.4 Å². The number of sulfonamides is 1. The van der Waals surface area contributed by atoms with Gasteiger partial charge in [-0.1, -0.05) is 23.7 Å². The van der Waals surface area contributed by atoms with E-state index in [-0.39, 0.29) is 4.90 Å². The van der Waals surface area contributed by atoms with Gasteiger partial charge in [0.25, 0.3) is 0 Å². The van der Waals surface area contributed by atoms with Gasteiger partial charge in [0.05, 0.1) is 10.4 Å². The van der Waals surface area contributed by atoms with Crippen molar-refractivity contribution in [3.05, 3.63) is 64.9 Å². The third kappa shape index (κ3) is 2.95. The lowest BCUT2D eigenvalue weighted by atomic mass is 10.1. The predicted molar refractivity (Wildman–Crippen MR) is 79.1 cm³/mol. The van der Waals surface area contributed by atoms with Crippen LogP contribution in [0.5, 0.6) is 0 Å². The van der Waals surface area contributed by atoms with Crippen LogP contribution in [-0.4, -0.2) is 8.42 Å². The minimum Gasteiger partial charge on any atom is -0.207 e. The lowest BCUT2D eigenvalue weighted by Gasteiger charge is -2.18. The van der Waals surface area contributed by atoms with E-state index >= 15 is 0 Å². The van der Waals surface area contributed by atoms with Gasteiger partial charge in [-0.25, -0.2) is 17.5 Å². The SMILES string of the molecule is O=S(=O)(NC1(c2cccc(Cl)c2)CC1)c1ccc(F)cc1. The largest absolute Gasteiger partial charge is 0.241 e. The fourth-order valence-electron chi connectivity index (χ4n) is 2.29. The minimum atomic E-state index is -3.69. The van der Waals surface area contributed by atoms with E-state index in [2.05, 4.69) is 4.72 Å². The first kappa shape index (κ1) is 14.5. The summed E-state index contributed by atoms with van der Waals surface area (Å²) < 4.78 is 40.4. The molecule has 6 heteroatoms. The van der Waals surface area contributed by atoms with Crippen LogP contribution in [0.3, 0.4) is 0 Å². The third-order valence-corrected chi connectivity index (χ3v) is 5.37. The zero-order valence-corrected chi connectivity index (χ0v) is 12.6. The molecule has 21 heavy (non-hydrogen) atoms. The Hall–Kier alpha value is -1.43. The highest BCUT2D eigenvalue weighted by molar-refractivity contribution is 7.89. The van der Waals surface area contributed by atoms with Gasteiger partial charge in [-0.2, -0.15) is 0 Å². The molecule has 0 bridgehead atoms. The molecule has 2 aromatic carbocycles. The Bertz CT molecular complexity index is 771. The van der Waals surface area contributed by atoms with Crippen molar-refractivity contribution in [1.29, 1.82) is 0 Å². The quantitative estimate of drug-likeness (QED) is 0.936. The van der Waals surface area contributed by atoms with Crippen molar-refractivity contribution < 1.29 is 12.8 Å². The van der Waals surface area contributed by atoms with E-state index in [0.717, 1.165) is 17.7 Å². The van der Waals surface area contributed by atoms with Crippen molar-refractivity contribution in [3.63, 3.8) is 0 Å². The predicted octanol–water partition coefficient (Wildman–Crippen LogP) is 3.45. The van der Waals surface area contributed by atoms with Crippen LogP contribution in [0.4, 0.5) is 4.39 Å². The minimum absolute atomic E-state index is 0.0530. The molecule has 110 valence electrons. The lowest BCUT2D eigenvalue weighted by molar-refractivity contribution is 0.551. The van der Waals surface area contributed by atoms with Crippen LogP contribution in [0.2, 0.25) is 5.02 Å². The highest BCUT2D eigenvalue weighted by atomic mass is 35.5. The fraction of sp³-hybridized carbons (Fsp3) is 0.200. The van der Waals surface area contributed by atoms with E-state index in [9.17, 15) is 12.8 Å². The van der Waals surface area contributed by atoms with Crippen LogP contribution in [-0.2, 0) is 15.6 Å². The van der Waals surface area contributed by atoms with Gasteiger partial charge in [0.1, 0.15) is 5.82 Å². The average molecular weight is 326 g/mol. The van der Waals surface area contributed by atoms with Crippen molar-refractivity contribution in [2.75, 3.05) is 0 Å². The Kier molecular flexibility index (Phi) is 3.51.